The fraction of sp³-hybridized carbons (Fsp3) is 0. The summed E-state index contributed by atoms with van der Waals surface area (Å²) in [5.41, 5.74) is 7.34. The second kappa shape index (κ2) is 14.2. The van der Waals surface area contributed by atoms with Crippen molar-refractivity contribution in [2.45, 2.75) is 0 Å². The van der Waals surface area contributed by atoms with Gasteiger partial charge in [-0.3, -0.25) is 4.57 Å². The molecule has 3 aromatic heterocycles. The molecule has 68 heavy (non-hydrogen) atoms. The van der Waals surface area contributed by atoms with E-state index in [4.69, 9.17) is 15.0 Å². The first-order valence-corrected chi connectivity index (χ1v) is 23.2. The fourth-order valence-corrected chi connectivity index (χ4v) is 11.4. The van der Waals surface area contributed by atoms with E-state index in [9.17, 15) is 0 Å². The second-order valence-corrected chi connectivity index (χ2v) is 17.9. The molecule has 0 bridgehead atoms. The van der Waals surface area contributed by atoms with E-state index in [0.717, 1.165) is 49.7 Å². The average molecular weight is 864 g/mol. The van der Waals surface area contributed by atoms with Crippen molar-refractivity contribution in [3.8, 4) is 34.4 Å². The summed E-state index contributed by atoms with van der Waals surface area (Å²) in [5.74, 6) is 1.81. The van der Waals surface area contributed by atoms with Gasteiger partial charge in [0.15, 0.2) is 11.6 Å². The Morgan fingerprint density at radius 3 is 1.15 bits per heavy atom. The molecular weight excluding hydrogens is 827 g/mol. The first kappa shape index (κ1) is 37.1. The van der Waals surface area contributed by atoms with Crippen LogP contribution in [0.25, 0.3) is 143 Å². The molecule has 5 heteroatoms. The van der Waals surface area contributed by atoms with Crippen LogP contribution in [0.3, 0.4) is 0 Å². The lowest BCUT2D eigenvalue weighted by molar-refractivity contribution is 0.954. The Labute approximate surface area is 389 Å². The van der Waals surface area contributed by atoms with Gasteiger partial charge < -0.3 is 4.57 Å². The Bertz CT molecular complexity index is 4550. The number of nitrogens with zero attached hydrogens (tertiary/aromatic N) is 5. The lowest BCUT2D eigenvalue weighted by Crippen LogP contribution is -2.06. The highest BCUT2D eigenvalue weighted by molar-refractivity contribution is 6.30. The van der Waals surface area contributed by atoms with Crippen LogP contribution >= 0.6 is 0 Å². The maximum atomic E-state index is 5.43. The van der Waals surface area contributed by atoms with E-state index in [-0.39, 0.29) is 0 Å². The molecule has 5 nitrogen and oxygen atoms in total. The summed E-state index contributed by atoms with van der Waals surface area (Å²) in [4.78, 5) is 16.0. The van der Waals surface area contributed by atoms with Crippen molar-refractivity contribution in [1.82, 2.24) is 24.1 Å². The molecule has 12 aromatic carbocycles. The molecule has 15 aromatic rings. The minimum Gasteiger partial charge on any atom is -0.309 e. The molecule has 0 fully saturated rings. The smallest absolute Gasteiger partial charge is 0.238 e. The zero-order chi connectivity index (χ0) is 44.5. The van der Waals surface area contributed by atoms with Gasteiger partial charge in [-0.25, -0.2) is 4.98 Å². The molecule has 0 unspecified atom stereocenters. The van der Waals surface area contributed by atoms with Gasteiger partial charge in [-0.15, -0.1) is 0 Å². The number of hydrogen-bond acceptors (Lipinski definition) is 3. The fourth-order valence-electron chi connectivity index (χ4n) is 11.4. The zero-order valence-electron chi connectivity index (χ0n) is 36.6. The van der Waals surface area contributed by atoms with Crippen LogP contribution in [-0.2, 0) is 0 Å². The Hall–Kier alpha value is -9.19. The molecule has 0 saturated heterocycles. The normalized spacial score (nSPS) is 12.1. The lowest BCUT2D eigenvalue weighted by Gasteiger charge is -2.14. The Morgan fingerprint density at radius 1 is 0.235 bits per heavy atom. The molecule has 0 amide bonds. The molecule has 0 aliphatic rings. The minimum atomic E-state index is 0.570. The van der Waals surface area contributed by atoms with E-state index in [1.807, 2.05) is 18.2 Å². The van der Waals surface area contributed by atoms with Crippen LogP contribution in [0.5, 0.6) is 0 Å². The summed E-state index contributed by atoms with van der Waals surface area (Å²) >= 11 is 0. The molecule has 0 spiro atoms. The number of aromatic nitrogens is 5. The summed E-state index contributed by atoms with van der Waals surface area (Å²) in [6.07, 6.45) is 0. The molecular formula is C63H37N5. The minimum absolute atomic E-state index is 0.570. The number of benzene rings is 12. The third kappa shape index (κ3) is 5.24. The van der Waals surface area contributed by atoms with Gasteiger partial charge in [0.25, 0.3) is 0 Å². The Balaban J connectivity index is 0.993. The first-order chi connectivity index (χ1) is 33.7. The number of fused-ring (bicyclic) bond motifs is 19. The quantitative estimate of drug-likeness (QED) is 0.166. The molecule has 314 valence electrons. The lowest BCUT2D eigenvalue weighted by atomic mass is 9.93. The SMILES string of the molecule is c1ccc(-c2nc(-c3ccc4c5ccccc5c5ccccc5c4c3)nc(-n3c4ccccc4c4c5c6ccccc6n(-c6ccc7c8ccccc8c8ccccc8c7c6)c5ccc43)n2)cc1. The van der Waals surface area contributed by atoms with Gasteiger partial charge in [-0.05, 0) is 107 Å². The number of para-hydroxylation sites is 2. The van der Waals surface area contributed by atoms with Crippen molar-refractivity contribution in [3.05, 3.63) is 224 Å². The van der Waals surface area contributed by atoms with Gasteiger partial charge in [-0.2, -0.15) is 9.97 Å². The molecule has 0 N–H and O–H groups in total. The van der Waals surface area contributed by atoms with Crippen LogP contribution in [0.4, 0.5) is 0 Å². The third-order valence-electron chi connectivity index (χ3n) is 14.3. The van der Waals surface area contributed by atoms with Gasteiger partial charge >= 0.3 is 0 Å². The van der Waals surface area contributed by atoms with Crippen LogP contribution in [0.2, 0.25) is 0 Å². The molecule has 0 aliphatic carbocycles. The number of hydrogen-bond donors (Lipinski definition) is 0. The van der Waals surface area contributed by atoms with E-state index in [0.29, 0.717) is 17.6 Å². The van der Waals surface area contributed by atoms with Crippen molar-refractivity contribution in [3.63, 3.8) is 0 Å². The van der Waals surface area contributed by atoms with Gasteiger partial charge in [0, 0.05) is 38.4 Å². The first-order valence-electron chi connectivity index (χ1n) is 23.2. The monoisotopic (exact) mass is 863 g/mol. The maximum absolute atomic E-state index is 5.43. The van der Waals surface area contributed by atoms with Crippen molar-refractivity contribution in [2.75, 3.05) is 0 Å². The summed E-state index contributed by atoms with van der Waals surface area (Å²) in [6.45, 7) is 0. The zero-order valence-corrected chi connectivity index (χ0v) is 36.6. The van der Waals surface area contributed by atoms with Crippen LogP contribution in [0.1, 0.15) is 0 Å². The van der Waals surface area contributed by atoms with Crippen molar-refractivity contribution >= 4 is 108 Å². The molecule has 0 saturated carbocycles. The van der Waals surface area contributed by atoms with E-state index in [2.05, 4.69) is 215 Å². The van der Waals surface area contributed by atoms with Crippen LogP contribution in [0, 0.1) is 0 Å². The van der Waals surface area contributed by atoms with Crippen molar-refractivity contribution in [2.24, 2.45) is 0 Å². The number of rotatable bonds is 4. The standard InChI is InChI=1S/C63H37N5/c1-2-16-38(17-3-1)61-64-62(39-30-32-49-45-22-6-4-18-41(45)43-20-8-10-24-47(43)53(49)36-39)66-63(65-61)68-56-29-15-13-27-52(56)60-58(68)35-34-57-59(60)51-26-12-14-28-55(51)67(57)40-31-33-50-46-23-7-5-19-42(46)44-21-9-11-25-48(44)54(50)37-40/h1-37H. The van der Waals surface area contributed by atoms with Gasteiger partial charge in [0.2, 0.25) is 5.95 Å². The summed E-state index contributed by atoms with van der Waals surface area (Å²) in [6, 6.07) is 80.9. The summed E-state index contributed by atoms with van der Waals surface area (Å²) in [5, 5.41) is 19.6. The molecule has 0 aliphatic heterocycles. The van der Waals surface area contributed by atoms with Crippen LogP contribution in [0.15, 0.2) is 224 Å². The third-order valence-corrected chi connectivity index (χ3v) is 14.3. The Kier molecular flexibility index (Phi) is 7.72. The van der Waals surface area contributed by atoms with Gasteiger partial charge in [0.1, 0.15) is 0 Å². The summed E-state index contributed by atoms with van der Waals surface area (Å²) in [7, 11) is 0. The van der Waals surface area contributed by atoms with E-state index in [1.165, 1.54) is 75.4 Å². The highest BCUT2D eigenvalue weighted by atomic mass is 15.2. The van der Waals surface area contributed by atoms with E-state index < -0.39 is 0 Å². The van der Waals surface area contributed by atoms with E-state index >= 15 is 0 Å². The van der Waals surface area contributed by atoms with Crippen LogP contribution in [-0.4, -0.2) is 24.1 Å². The van der Waals surface area contributed by atoms with Gasteiger partial charge in [-0.1, -0.05) is 182 Å². The molecule has 3 heterocycles. The highest BCUT2D eigenvalue weighted by Gasteiger charge is 2.23. The van der Waals surface area contributed by atoms with Crippen molar-refractivity contribution < 1.29 is 0 Å². The second-order valence-electron chi connectivity index (χ2n) is 17.9. The highest BCUT2D eigenvalue weighted by Crippen LogP contribution is 2.44. The largest absolute Gasteiger partial charge is 0.309 e. The molecule has 15 rings (SSSR count). The maximum Gasteiger partial charge on any atom is 0.238 e. The van der Waals surface area contributed by atoms with E-state index in [1.54, 1.807) is 0 Å². The Morgan fingerprint density at radius 2 is 0.618 bits per heavy atom. The summed E-state index contributed by atoms with van der Waals surface area (Å²) < 4.78 is 4.69. The molecule has 0 radical (unpaired) electrons. The van der Waals surface area contributed by atoms with Crippen LogP contribution < -0.4 is 0 Å². The van der Waals surface area contributed by atoms with Crippen molar-refractivity contribution in [1.29, 1.82) is 0 Å². The topological polar surface area (TPSA) is 48.5 Å². The molecule has 0 atom stereocenters. The average Bonchev–Trinajstić information content (AvgIpc) is 3.94. The predicted molar refractivity (Wildman–Crippen MR) is 284 cm³/mol. The predicted octanol–water partition coefficient (Wildman–Crippen LogP) is 16.3. The van der Waals surface area contributed by atoms with Gasteiger partial charge in [0.05, 0.1) is 22.1 Å².